The molecule has 0 aliphatic carbocycles. The van der Waals surface area contributed by atoms with Crippen molar-refractivity contribution in [3.05, 3.63) is 33.9 Å². The van der Waals surface area contributed by atoms with Gasteiger partial charge >= 0.3 is 0 Å². The molecule has 1 heterocycles. The fraction of sp³-hybridized carbons (Fsp3) is 0.455. The third-order valence-corrected chi connectivity index (χ3v) is 5.37. The minimum atomic E-state index is -3.60. The van der Waals surface area contributed by atoms with Crippen LogP contribution in [0.25, 0.3) is 0 Å². The molecule has 104 valence electrons. The van der Waals surface area contributed by atoms with Crippen molar-refractivity contribution in [1.29, 1.82) is 0 Å². The number of benzene rings is 1. The number of nitrogens with zero attached hydrogens (tertiary/aromatic N) is 2. The van der Waals surface area contributed by atoms with Crippen LogP contribution in [-0.4, -0.2) is 43.8 Å². The van der Waals surface area contributed by atoms with Crippen LogP contribution in [0.1, 0.15) is 5.56 Å². The van der Waals surface area contributed by atoms with Crippen LogP contribution in [0.5, 0.6) is 0 Å². The number of nitrogens with one attached hydrogen (secondary N) is 1. The van der Waals surface area contributed by atoms with Crippen molar-refractivity contribution < 1.29 is 13.3 Å². The summed E-state index contributed by atoms with van der Waals surface area (Å²) in [4.78, 5) is 10.2. The molecule has 0 atom stereocenters. The predicted octanol–water partition coefficient (Wildman–Crippen LogP) is 0.496. The van der Waals surface area contributed by atoms with Gasteiger partial charge in [-0.25, -0.2) is 8.42 Å². The molecule has 2 rings (SSSR count). The average Bonchev–Trinajstić information content (AvgIpc) is 2.25. The van der Waals surface area contributed by atoms with Crippen molar-refractivity contribution in [3.63, 3.8) is 0 Å². The Balaban J connectivity index is 2.37. The van der Waals surface area contributed by atoms with E-state index in [0.717, 1.165) is 0 Å². The molecule has 0 amide bonds. The molecule has 0 saturated carbocycles. The van der Waals surface area contributed by atoms with Crippen molar-refractivity contribution >= 4 is 15.7 Å². The number of hydrogen-bond acceptors (Lipinski definition) is 5. The van der Waals surface area contributed by atoms with Crippen molar-refractivity contribution in [2.24, 2.45) is 0 Å². The van der Waals surface area contributed by atoms with Crippen LogP contribution in [-0.2, 0) is 10.0 Å². The largest absolute Gasteiger partial charge is 0.313 e. The summed E-state index contributed by atoms with van der Waals surface area (Å²) in [6.07, 6.45) is 0. The third-order valence-electron chi connectivity index (χ3n) is 3.30. The van der Waals surface area contributed by atoms with Gasteiger partial charge in [-0.15, -0.1) is 0 Å². The summed E-state index contributed by atoms with van der Waals surface area (Å²) >= 11 is 0. The van der Waals surface area contributed by atoms with Gasteiger partial charge in [0.05, 0.1) is 9.82 Å². The quantitative estimate of drug-likeness (QED) is 0.642. The summed E-state index contributed by atoms with van der Waals surface area (Å²) in [7, 11) is -2.07. The van der Waals surface area contributed by atoms with Crippen LogP contribution in [0.15, 0.2) is 23.1 Å². The molecule has 19 heavy (non-hydrogen) atoms. The monoisotopic (exact) mass is 285 g/mol. The van der Waals surface area contributed by atoms with Crippen LogP contribution >= 0.6 is 0 Å². The van der Waals surface area contributed by atoms with Crippen LogP contribution in [0.4, 0.5) is 5.69 Å². The van der Waals surface area contributed by atoms with E-state index in [2.05, 4.69) is 5.32 Å². The van der Waals surface area contributed by atoms with Crippen molar-refractivity contribution in [1.82, 2.24) is 9.62 Å². The summed E-state index contributed by atoms with van der Waals surface area (Å²) < 4.78 is 26.1. The van der Waals surface area contributed by atoms with Gasteiger partial charge in [-0.3, -0.25) is 10.1 Å². The summed E-state index contributed by atoms with van der Waals surface area (Å²) in [5.41, 5.74) is 0.276. The molecule has 1 aliphatic rings. The lowest BCUT2D eigenvalue weighted by Crippen LogP contribution is -2.57. The number of hydrogen-bond donors (Lipinski definition) is 1. The number of aryl methyl sites for hydroxylation is 1. The molecule has 0 aromatic heterocycles. The summed E-state index contributed by atoms with van der Waals surface area (Å²) in [5.74, 6) is 0. The number of non-ortho nitro benzene ring substituents is 1. The highest BCUT2D eigenvalue weighted by molar-refractivity contribution is 7.89. The molecular weight excluding hydrogens is 270 g/mol. The van der Waals surface area contributed by atoms with E-state index in [9.17, 15) is 18.5 Å². The van der Waals surface area contributed by atoms with Gasteiger partial charge in [-0.05, 0) is 18.6 Å². The van der Waals surface area contributed by atoms with Gasteiger partial charge < -0.3 is 5.32 Å². The van der Waals surface area contributed by atoms with E-state index >= 15 is 0 Å². The molecule has 1 N–H and O–H groups in total. The van der Waals surface area contributed by atoms with Gasteiger partial charge in [-0.1, -0.05) is 0 Å². The minimum Gasteiger partial charge on any atom is -0.313 e. The molecule has 1 aromatic rings. The van der Waals surface area contributed by atoms with Crippen LogP contribution < -0.4 is 5.32 Å². The number of likely N-dealkylation sites (N-methyl/N-ethyl adjacent to an activating group) is 1. The van der Waals surface area contributed by atoms with E-state index in [1.807, 2.05) is 0 Å². The maximum atomic E-state index is 12.4. The van der Waals surface area contributed by atoms with Gasteiger partial charge in [0, 0.05) is 38.3 Å². The van der Waals surface area contributed by atoms with Gasteiger partial charge in [0.25, 0.3) is 5.69 Å². The first-order chi connectivity index (χ1) is 8.84. The molecular formula is C11H15N3O4S. The van der Waals surface area contributed by atoms with E-state index in [4.69, 9.17) is 0 Å². The Bertz CT molecular complexity index is 610. The highest BCUT2D eigenvalue weighted by Gasteiger charge is 2.32. The van der Waals surface area contributed by atoms with E-state index in [0.29, 0.717) is 18.7 Å². The van der Waals surface area contributed by atoms with E-state index in [-0.39, 0.29) is 16.6 Å². The van der Waals surface area contributed by atoms with Gasteiger partial charge in [0.15, 0.2) is 0 Å². The zero-order chi connectivity index (χ0) is 14.2. The smallest absolute Gasteiger partial charge is 0.269 e. The third kappa shape index (κ3) is 2.46. The van der Waals surface area contributed by atoms with Crippen LogP contribution in [0.3, 0.4) is 0 Å². The molecule has 1 aliphatic heterocycles. The Kier molecular flexibility index (Phi) is 3.57. The Hall–Kier alpha value is -1.51. The van der Waals surface area contributed by atoms with E-state index in [1.165, 1.54) is 29.6 Å². The van der Waals surface area contributed by atoms with Crippen LogP contribution in [0, 0.1) is 17.0 Å². The molecule has 7 nitrogen and oxygen atoms in total. The Morgan fingerprint density at radius 2 is 2.05 bits per heavy atom. The topological polar surface area (TPSA) is 92.5 Å². The van der Waals surface area contributed by atoms with E-state index in [1.54, 1.807) is 6.92 Å². The number of nitro benzene ring substituents is 1. The van der Waals surface area contributed by atoms with Crippen molar-refractivity contribution in [2.45, 2.75) is 17.9 Å². The maximum Gasteiger partial charge on any atom is 0.269 e. The highest BCUT2D eigenvalue weighted by atomic mass is 32.2. The first-order valence-electron chi connectivity index (χ1n) is 5.78. The van der Waals surface area contributed by atoms with Crippen molar-refractivity contribution in [2.75, 3.05) is 20.1 Å². The van der Waals surface area contributed by atoms with Gasteiger partial charge in [0.1, 0.15) is 0 Å². The Labute approximate surface area is 111 Å². The molecule has 0 radical (unpaired) electrons. The van der Waals surface area contributed by atoms with Gasteiger partial charge in [-0.2, -0.15) is 4.31 Å². The van der Waals surface area contributed by atoms with Crippen LogP contribution in [0.2, 0.25) is 0 Å². The zero-order valence-corrected chi connectivity index (χ0v) is 11.5. The van der Waals surface area contributed by atoms with Crippen molar-refractivity contribution in [3.8, 4) is 0 Å². The number of nitro groups is 1. The standard InChI is InChI=1S/C11H15N3O4S/c1-8-5-9(14(15)16)3-4-11(8)19(17,18)13(2)10-6-12-7-10/h3-5,10,12H,6-7H2,1-2H3. The lowest BCUT2D eigenvalue weighted by molar-refractivity contribution is -0.385. The SMILES string of the molecule is Cc1cc([N+](=O)[O-])ccc1S(=O)(=O)N(C)C1CNC1. The summed E-state index contributed by atoms with van der Waals surface area (Å²) in [5, 5.41) is 13.7. The van der Waals surface area contributed by atoms with Gasteiger partial charge in [0.2, 0.25) is 10.0 Å². The lowest BCUT2D eigenvalue weighted by atomic mass is 10.2. The first-order valence-corrected chi connectivity index (χ1v) is 7.22. The lowest BCUT2D eigenvalue weighted by Gasteiger charge is -2.34. The fourth-order valence-corrected chi connectivity index (χ4v) is 3.48. The second kappa shape index (κ2) is 4.87. The Morgan fingerprint density at radius 1 is 1.42 bits per heavy atom. The average molecular weight is 285 g/mol. The predicted molar refractivity (Wildman–Crippen MR) is 69.4 cm³/mol. The molecule has 1 saturated heterocycles. The zero-order valence-electron chi connectivity index (χ0n) is 10.7. The second-order valence-corrected chi connectivity index (χ2v) is 6.51. The summed E-state index contributed by atoms with van der Waals surface area (Å²) in [6, 6.07) is 3.73. The Morgan fingerprint density at radius 3 is 2.47 bits per heavy atom. The molecule has 1 fully saturated rings. The number of rotatable bonds is 4. The molecule has 0 spiro atoms. The fourth-order valence-electron chi connectivity index (χ4n) is 1.92. The maximum absolute atomic E-state index is 12.4. The van der Waals surface area contributed by atoms with E-state index < -0.39 is 14.9 Å². The molecule has 0 bridgehead atoms. The number of sulfonamides is 1. The molecule has 1 aromatic carbocycles. The molecule has 0 unspecified atom stereocenters. The first kappa shape index (κ1) is 13.9. The minimum absolute atomic E-state index is 0.0559. The summed E-state index contributed by atoms with van der Waals surface area (Å²) in [6.45, 7) is 2.82. The highest BCUT2D eigenvalue weighted by Crippen LogP contribution is 2.25. The second-order valence-electron chi connectivity index (χ2n) is 4.54. The normalized spacial score (nSPS) is 16.4. The molecule has 8 heteroatoms.